The Morgan fingerprint density at radius 3 is 2.54 bits per heavy atom. The van der Waals surface area contributed by atoms with Crippen LogP contribution in [0.5, 0.6) is 5.88 Å². The highest BCUT2D eigenvalue weighted by Crippen LogP contribution is 2.30. The monoisotopic (exact) mass is 362 g/mol. The highest BCUT2D eigenvalue weighted by atomic mass is 16.6. The summed E-state index contributed by atoms with van der Waals surface area (Å²) in [7, 11) is 0. The van der Waals surface area contributed by atoms with Crippen molar-refractivity contribution in [2.45, 2.75) is 20.0 Å². The molecule has 0 saturated carbocycles. The first-order valence-corrected chi connectivity index (χ1v) is 7.26. The number of rotatable bonds is 7. The Labute approximate surface area is 146 Å². The summed E-state index contributed by atoms with van der Waals surface area (Å²) in [6.45, 7) is 3.34. The quantitative estimate of drug-likeness (QED) is 0.552. The van der Waals surface area contributed by atoms with Crippen LogP contribution in [-0.4, -0.2) is 31.8 Å². The number of carbonyl (C=O) groups excluding carboxylic acids is 1. The largest absolute Gasteiger partial charge is 0.470 e. The summed E-state index contributed by atoms with van der Waals surface area (Å²) in [6, 6.07) is 4.99. The maximum atomic E-state index is 12.1. The topological polar surface area (TPSA) is 162 Å². The summed E-state index contributed by atoms with van der Waals surface area (Å²) >= 11 is 0. The Morgan fingerprint density at radius 1 is 1.19 bits per heavy atom. The van der Waals surface area contributed by atoms with Crippen molar-refractivity contribution in [3.8, 4) is 5.88 Å². The first-order valence-electron chi connectivity index (χ1n) is 7.26. The molecule has 0 aliphatic rings. The summed E-state index contributed by atoms with van der Waals surface area (Å²) in [5.74, 6) is -1.29. The predicted octanol–water partition coefficient (Wildman–Crippen LogP) is 1.84. The van der Waals surface area contributed by atoms with E-state index in [0.717, 1.165) is 12.4 Å². The van der Waals surface area contributed by atoms with Gasteiger partial charge in [0.15, 0.2) is 0 Å². The van der Waals surface area contributed by atoms with Gasteiger partial charge in [-0.05, 0) is 19.9 Å². The number of anilines is 1. The van der Waals surface area contributed by atoms with Crippen molar-refractivity contribution in [3.05, 3.63) is 56.4 Å². The van der Waals surface area contributed by atoms with Crippen LogP contribution in [-0.2, 0) is 0 Å². The van der Waals surface area contributed by atoms with Gasteiger partial charge in [0.25, 0.3) is 17.5 Å². The van der Waals surface area contributed by atoms with Crippen molar-refractivity contribution < 1.29 is 19.4 Å². The lowest BCUT2D eigenvalue weighted by molar-refractivity contribution is -0.385. The Bertz CT molecular complexity index is 856. The fourth-order valence-corrected chi connectivity index (χ4v) is 1.88. The Morgan fingerprint density at radius 2 is 1.92 bits per heavy atom. The number of ether oxygens (including phenoxy) is 1. The van der Waals surface area contributed by atoms with Crippen LogP contribution in [0.15, 0.2) is 30.6 Å². The molecule has 12 heteroatoms. The smallest absolute Gasteiger partial charge is 0.374 e. The number of nitrogens with zero attached hydrogens (tertiary/aromatic N) is 4. The van der Waals surface area contributed by atoms with Crippen LogP contribution >= 0.6 is 0 Å². The summed E-state index contributed by atoms with van der Waals surface area (Å²) in [4.78, 5) is 40.2. The highest BCUT2D eigenvalue weighted by Gasteiger charge is 2.25. The average Bonchev–Trinajstić information content (AvgIpc) is 2.59. The van der Waals surface area contributed by atoms with Crippen molar-refractivity contribution in [1.82, 2.24) is 15.4 Å². The fourth-order valence-electron chi connectivity index (χ4n) is 1.88. The molecule has 26 heavy (non-hydrogen) atoms. The lowest BCUT2D eigenvalue weighted by Crippen LogP contribution is -2.30. The molecule has 0 radical (unpaired) electrons. The Hall–Kier alpha value is -3.83. The number of nitro benzene ring substituents is 1. The lowest BCUT2D eigenvalue weighted by atomic mass is 10.2. The van der Waals surface area contributed by atoms with Gasteiger partial charge in [0.05, 0.1) is 16.0 Å². The van der Waals surface area contributed by atoms with Gasteiger partial charge in [0.1, 0.15) is 6.33 Å². The van der Waals surface area contributed by atoms with E-state index in [-0.39, 0.29) is 29.1 Å². The second-order valence-electron chi connectivity index (χ2n) is 5.19. The number of carbonyl (C=O) groups is 1. The molecule has 2 N–H and O–H groups in total. The number of aromatic nitrogens is 2. The third kappa shape index (κ3) is 4.37. The maximum Gasteiger partial charge on any atom is 0.374 e. The first-order chi connectivity index (χ1) is 12.3. The molecule has 0 aliphatic carbocycles. The predicted molar refractivity (Wildman–Crippen MR) is 88.6 cm³/mol. The standard InChI is InChI=1S/C14H14N6O6/c1-8(2)26-14-11(20(24)25)12(15-7-16-14)17-18-13(21)9-4-3-5-10(6-9)19(22)23/h3-8H,1-2H3,(H,18,21)(H,15,16,17). The summed E-state index contributed by atoms with van der Waals surface area (Å²) in [5, 5.41) is 22.0. The molecule has 0 spiro atoms. The molecule has 2 rings (SSSR count). The molecule has 0 aliphatic heterocycles. The lowest BCUT2D eigenvalue weighted by Gasteiger charge is -2.11. The van der Waals surface area contributed by atoms with Gasteiger partial charge in [-0.1, -0.05) is 6.07 Å². The van der Waals surface area contributed by atoms with Crippen molar-refractivity contribution in [2.24, 2.45) is 0 Å². The van der Waals surface area contributed by atoms with Crippen LogP contribution in [0.25, 0.3) is 0 Å². The summed E-state index contributed by atoms with van der Waals surface area (Å²) < 4.78 is 5.26. The zero-order valence-electron chi connectivity index (χ0n) is 13.7. The number of benzene rings is 1. The molecule has 1 aromatic carbocycles. The number of hydrogen-bond acceptors (Lipinski definition) is 9. The van der Waals surface area contributed by atoms with Crippen molar-refractivity contribution in [3.63, 3.8) is 0 Å². The van der Waals surface area contributed by atoms with Crippen LogP contribution in [0.1, 0.15) is 24.2 Å². The van der Waals surface area contributed by atoms with E-state index in [9.17, 15) is 25.0 Å². The van der Waals surface area contributed by atoms with Crippen molar-refractivity contribution in [1.29, 1.82) is 0 Å². The SMILES string of the molecule is CC(C)Oc1ncnc(NNC(=O)c2cccc([N+](=O)[O-])c2)c1[N+](=O)[O-]. The van der Waals surface area contributed by atoms with Crippen LogP contribution < -0.4 is 15.6 Å². The van der Waals surface area contributed by atoms with Crippen LogP contribution in [0.3, 0.4) is 0 Å². The van der Waals surface area contributed by atoms with Gasteiger partial charge in [-0.15, -0.1) is 0 Å². The molecule has 2 aromatic rings. The molecular formula is C14H14N6O6. The number of nitrogens with one attached hydrogen (secondary N) is 2. The number of amides is 1. The van der Waals surface area contributed by atoms with Gasteiger partial charge in [-0.3, -0.25) is 35.9 Å². The van der Waals surface area contributed by atoms with E-state index in [1.165, 1.54) is 18.2 Å². The maximum absolute atomic E-state index is 12.1. The van der Waals surface area contributed by atoms with Crippen LogP contribution in [0.2, 0.25) is 0 Å². The second-order valence-corrected chi connectivity index (χ2v) is 5.19. The highest BCUT2D eigenvalue weighted by molar-refractivity contribution is 5.95. The minimum Gasteiger partial charge on any atom is -0.470 e. The Balaban J connectivity index is 2.21. The molecule has 0 atom stereocenters. The molecular weight excluding hydrogens is 348 g/mol. The number of hydrazine groups is 1. The molecule has 0 saturated heterocycles. The second kappa shape index (κ2) is 7.83. The van der Waals surface area contributed by atoms with Gasteiger partial charge in [-0.2, -0.15) is 4.98 Å². The number of non-ortho nitro benzene ring substituents is 1. The van der Waals surface area contributed by atoms with Crippen LogP contribution in [0.4, 0.5) is 17.2 Å². The van der Waals surface area contributed by atoms with E-state index in [1.54, 1.807) is 13.8 Å². The van der Waals surface area contributed by atoms with E-state index < -0.39 is 21.4 Å². The molecule has 1 amide bonds. The van der Waals surface area contributed by atoms with E-state index in [1.807, 2.05) is 0 Å². The van der Waals surface area contributed by atoms with Crippen molar-refractivity contribution >= 4 is 23.1 Å². The fraction of sp³-hybridized carbons (Fsp3) is 0.214. The summed E-state index contributed by atoms with van der Waals surface area (Å²) in [5.41, 5.74) is 3.68. The Kier molecular flexibility index (Phi) is 5.57. The summed E-state index contributed by atoms with van der Waals surface area (Å²) in [6.07, 6.45) is 0.669. The molecule has 1 heterocycles. The van der Waals surface area contributed by atoms with E-state index in [0.29, 0.717) is 0 Å². The van der Waals surface area contributed by atoms with Gasteiger partial charge in [-0.25, -0.2) is 4.98 Å². The van der Waals surface area contributed by atoms with Crippen molar-refractivity contribution in [2.75, 3.05) is 5.43 Å². The van der Waals surface area contributed by atoms with Gasteiger partial charge < -0.3 is 4.74 Å². The normalized spacial score (nSPS) is 10.3. The number of nitro groups is 2. The minimum absolute atomic E-state index is 0.0120. The molecule has 0 bridgehead atoms. The molecule has 0 unspecified atom stereocenters. The molecule has 1 aromatic heterocycles. The third-order valence-electron chi connectivity index (χ3n) is 2.93. The molecule has 12 nitrogen and oxygen atoms in total. The van der Waals surface area contributed by atoms with Gasteiger partial charge in [0.2, 0.25) is 5.82 Å². The molecule has 0 fully saturated rings. The van der Waals surface area contributed by atoms with E-state index in [2.05, 4.69) is 20.8 Å². The number of hydrogen-bond donors (Lipinski definition) is 2. The average molecular weight is 362 g/mol. The van der Waals surface area contributed by atoms with E-state index >= 15 is 0 Å². The van der Waals surface area contributed by atoms with Gasteiger partial charge in [0, 0.05) is 17.7 Å². The molecule has 136 valence electrons. The zero-order valence-corrected chi connectivity index (χ0v) is 13.7. The van der Waals surface area contributed by atoms with E-state index in [4.69, 9.17) is 4.74 Å². The third-order valence-corrected chi connectivity index (χ3v) is 2.93. The first kappa shape index (κ1) is 18.5. The van der Waals surface area contributed by atoms with Gasteiger partial charge >= 0.3 is 5.69 Å². The zero-order chi connectivity index (χ0) is 19.3. The minimum atomic E-state index is -0.750. The van der Waals surface area contributed by atoms with Crippen LogP contribution in [0, 0.1) is 20.2 Å².